The van der Waals surface area contributed by atoms with E-state index in [2.05, 4.69) is 6.58 Å². The van der Waals surface area contributed by atoms with Crippen molar-refractivity contribution in [2.24, 2.45) is 0 Å². The summed E-state index contributed by atoms with van der Waals surface area (Å²) in [4.78, 5) is 23.4. The summed E-state index contributed by atoms with van der Waals surface area (Å²) in [5.41, 5.74) is 0.210. The highest BCUT2D eigenvalue weighted by Gasteiger charge is 2.25. The number of hydrogen-bond donors (Lipinski definition) is 1. The van der Waals surface area contributed by atoms with Gasteiger partial charge in [0.05, 0.1) is 0 Å². The van der Waals surface area contributed by atoms with Gasteiger partial charge in [0.25, 0.3) is 0 Å². The Balaban J connectivity index is 2.76. The monoisotopic (exact) mass is 278 g/mol. The van der Waals surface area contributed by atoms with Crippen LogP contribution in [-0.4, -0.2) is 23.1 Å². The summed E-state index contributed by atoms with van der Waals surface area (Å²) in [5.74, 6) is -1.48. The predicted molar refractivity (Wildman–Crippen MR) is 73.3 cm³/mol. The Morgan fingerprint density at radius 3 is 2.55 bits per heavy atom. The molecule has 0 radical (unpaired) electrons. The van der Waals surface area contributed by atoms with Crippen molar-refractivity contribution in [3.63, 3.8) is 0 Å². The maximum absolute atomic E-state index is 12.0. The summed E-state index contributed by atoms with van der Waals surface area (Å²) in [6.45, 7) is 6.81. The van der Waals surface area contributed by atoms with Crippen LogP contribution in [0.4, 0.5) is 0 Å². The van der Waals surface area contributed by atoms with E-state index >= 15 is 0 Å². The van der Waals surface area contributed by atoms with Gasteiger partial charge in [-0.1, -0.05) is 32.1 Å². The number of benzene rings is 1. The molecule has 1 aromatic carbocycles. The van der Waals surface area contributed by atoms with E-state index < -0.39 is 18.0 Å². The topological polar surface area (TPSA) is 72.8 Å². The van der Waals surface area contributed by atoms with Gasteiger partial charge in [-0.2, -0.15) is 0 Å². The molecule has 0 aromatic heterocycles. The maximum atomic E-state index is 12.0. The van der Waals surface area contributed by atoms with Gasteiger partial charge in [-0.25, -0.2) is 9.59 Å². The lowest BCUT2D eigenvalue weighted by atomic mass is 10.2. The van der Waals surface area contributed by atoms with E-state index in [9.17, 15) is 14.7 Å². The van der Waals surface area contributed by atoms with Crippen molar-refractivity contribution in [3.05, 3.63) is 36.4 Å². The first kappa shape index (κ1) is 15.8. The van der Waals surface area contributed by atoms with Crippen LogP contribution in [0.1, 0.15) is 26.7 Å². The molecule has 1 atom stereocenters. The number of aromatic hydroxyl groups is 1. The summed E-state index contributed by atoms with van der Waals surface area (Å²) in [7, 11) is 0. The molecule has 0 bridgehead atoms. The summed E-state index contributed by atoms with van der Waals surface area (Å²) < 4.78 is 10.1. The average Bonchev–Trinajstić information content (AvgIpc) is 2.40. The number of ether oxygens (including phenoxy) is 2. The lowest BCUT2D eigenvalue weighted by Gasteiger charge is -2.16. The third kappa shape index (κ3) is 4.42. The molecule has 0 aliphatic heterocycles. The van der Waals surface area contributed by atoms with Crippen LogP contribution in [0.3, 0.4) is 0 Å². The normalized spacial score (nSPS) is 11.5. The van der Waals surface area contributed by atoms with Crippen LogP contribution in [0.15, 0.2) is 36.4 Å². The predicted octanol–water partition coefficient (Wildman–Crippen LogP) is 2.59. The second-order valence-corrected chi connectivity index (χ2v) is 4.35. The second-order valence-electron chi connectivity index (χ2n) is 4.35. The average molecular weight is 278 g/mol. The fraction of sp³-hybridized carbons (Fsp3) is 0.333. The minimum Gasteiger partial charge on any atom is -0.504 e. The first-order chi connectivity index (χ1) is 9.45. The largest absolute Gasteiger partial charge is 0.504 e. The molecule has 1 rings (SSSR count). The minimum atomic E-state index is -1.01. The van der Waals surface area contributed by atoms with E-state index in [4.69, 9.17) is 9.47 Å². The van der Waals surface area contributed by atoms with E-state index in [0.717, 1.165) is 0 Å². The van der Waals surface area contributed by atoms with Gasteiger partial charge in [-0.3, -0.25) is 0 Å². The molecule has 0 heterocycles. The maximum Gasteiger partial charge on any atom is 0.352 e. The number of hydrogen-bond acceptors (Lipinski definition) is 5. The zero-order valence-corrected chi connectivity index (χ0v) is 11.6. The molecule has 0 aliphatic carbocycles. The van der Waals surface area contributed by atoms with Crippen LogP contribution in [0.5, 0.6) is 11.5 Å². The Labute approximate surface area is 117 Å². The summed E-state index contributed by atoms with van der Waals surface area (Å²) in [5, 5.41) is 9.54. The van der Waals surface area contributed by atoms with Gasteiger partial charge in [-0.05, 0) is 25.5 Å². The van der Waals surface area contributed by atoms with Crippen molar-refractivity contribution in [3.8, 4) is 11.5 Å². The SMILES string of the molecule is C=C(C)C(=O)OC(CCC)C(=O)Oc1ccccc1O. The third-order valence-corrected chi connectivity index (χ3v) is 2.49. The van der Waals surface area contributed by atoms with Gasteiger partial charge in [0.15, 0.2) is 17.6 Å². The van der Waals surface area contributed by atoms with Crippen LogP contribution in [0.2, 0.25) is 0 Å². The summed E-state index contributed by atoms with van der Waals surface area (Å²) >= 11 is 0. The molecule has 108 valence electrons. The highest BCUT2D eigenvalue weighted by molar-refractivity contribution is 5.89. The molecule has 1 unspecified atom stereocenters. The van der Waals surface area contributed by atoms with Crippen LogP contribution in [0, 0.1) is 0 Å². The van der Waals surface area contributed by atoms with Gasteiger partial charge < -0.3 is 14.6 Å². The van der Waals surface area contributed by atoms with Gasteiger partial charge in [-0.15, -0.1) is 0 Å². The standard InChI is InChI=1S/C15H18O5/c1-4-7-13(20-14(17)10(2)3)15(18)19-12-9-6-5-8-11(12)16/h5-6,8-9,13,16H,2,4,7H2,1,3H3. The highest BCUT2D eigenvalue weighted by atomic mass is 16.6. The van der Waals surface area contributed by atoms with Crippen LogP contribution >= 0.6 is 0 Å². The molecule has 0 spiro atoms. The smallest absolute Gasteiger partial charge is 0.352 e. The van der Waals surface area contributed by atoms with Gasteiger partial charge in [0, 0.05) is 5.57 Å². The molecule has 0 aliphatic rings. The molecular weight excluding hydrogens is 260 g/mol. The van der Waals surface area contributed by atoms with Crippen LogP contribution < -0.4 is 4.74 Å². The Bertz CT molecular complexity index is 507. The fourth-order valence-corrected chi connectivity index (χ4v) is 1.43. The summed E-state index contributed by atoms with van der Waals surface area (Å²) in [6.07, 6.45) is -0.0288. The van der Waals surface area contributed by atoms with Crippen molar-refractivity contribution in [1.82, 2.24) is 0 Å². The molecule has 0 amide bonds. The molecule has 5 heteroatoms. The molecule has 1 N–H and O–H groups in total. The van der Waals surface area contributed by atoms with E-state index in [1.54, 1.807) is 12.1 Å². The van der Waals surface area contributed by atoms with Crippen molar-refractivity contribution in [1.29, 1.82) is 0 Å². The van der Waals surface area contributed by atoms with Gasteiger partial charge in [0.2, 0.25) is 0 Å². The van der Waals surface area contributed by atoms with E-state index in [1.165, 1.54) is 19.1 Å². The Kier molecular flexibility index (Phi) is 5.77. The van der Waals surface area contributed by atoms with E-state index in [0.29, 0.717) is 12.8 Å². The Morgan fingerprint density at radius 2 is 2.00 bits per heavy atom. The number of phenolic OH excluding ortho intramolecular Hbond substituents is 1. The van der Waals surface area contributed by atoms with Crippen molar-refractivity contribution >= 4 is 11.9 Å². The molecule has 0 fully saturated rings. The number of rotatable bonds is 6. The zero-order valence-electron chi connectivity index (χ0n) is 11.6. The van der Waals surface area contributed by atoms with E-state index in [-0.39, 0.29) is 17.1 Å². The number of para-hydroxylation sites is 2. The highest BCUT2D eigenvalue weighted by Crippen LogP contribution is 2.25. The molecule has 1 aromatic rings. The Hall–Kier alpha value is -2.30. The number of carbonyl (C=O) groups is 2. The van der Waals surface area contributed by atoms with Crippen LogP contribution in [-0.2, 0) is 14.3 Å². The van der Waals surface area contributed by atoms with Crippen LogP contribution in [0.25, 0.3) is 0 Å². The molecular formula is C15H18O5. The van der Waals surface area contributed by atoms with Crippen molar-refractivity contribution in [2.45, 2.75) is 32.8 Å². The van der Waals surface area contributed by atoms with Gasteiger partial charge >= 0.3 is 11.9 Å². The quantitative estimate of drug-likeness (QED) is 0.492. The molecule has 5 nitrogen and oxygen atoms in total. The molecule has 0 saturated carbocycles. The van der Waals surface area contributed by atoms with E-state index in [1.807, 2.05) is 6.92 Å². The second kappa shape index (κ2) is 7.33. The lowest BCUT2D eigenvalue weighted by molar-refractivity contribution is -0.160. The van der Waals surface area contributed by atoms with Crippen molar-refractivity contribution in [2.75, 3.05) is 0 Å². The summed E-state index contributed by atoms with van der Waals surface area (Å²) in [6, 6.07) is 6.09. The van der Waals surface area contributed by atoms with Gasteiger partial charge in [0.1, 0.15) is 0 Å². The fourth-order valence-electron chi connectivity index (χ4n) is 1.43. The lowest BCUT2D eigenvalue weighted by Crippen LogP contribution is -2.31. The third-order valence-electron chi connectivity index (χ3n) is 2.49. The molecule has 20 heavy (non-hydrogen) atoms. The van der Waals surface area contributed by atoms with Crippen molar-refractivity contribution < 1.29 is 24.2 Å². The number of phenols is 1. The first-order valence-electron chi connectivity index (χ1n) is 6.31. The first-order valence-corrected chi connectivity index (χ1v) is 6.31. The zero-order chi connectivity index (χ0) is 15.1. The molecule has 0 saturated heterocycles. The Morgan fingerprint density at radius 1 is 1.35 bits per heavy atom. The number of esters is 2. The number of carbonyl (C=O) groups excluding carboxylic acids is 2. The minimum absolute atomic E-state index is 0.0324.